The highest BCUT2D eigenvalue weighted by Crippen LogP contribution is 2.23. The molecule has 0 bridgehead atoms. The van der Waals surface area contributed by atoms with Gasteiger partial charge in [0.2, 0.25) is 5.91 Å². The third-order valence-corrected chi connectivity index (χ3v) is 2.96. The van der Waals surface area contributed by atoms with Gasteiger partial charge in [0.1, 0.15) is 0 Å². The summed E-state index contributed by atoms with van der Waals surface area (Å²) in [6.45, 7) is 4.07. The second-order valence-corrected chi connectivity index (χ2v) is 3.97. The standard InChI is InChI=1S/C13H20N2O/c1-4-10(5-2)13(16)15(3)12-9-7-6-8-11(12)14/h6-10H,4-5,14H2,1-3H3. The van der Waals surface area contributed by atoms with Crippen LogP contribution in [-0.2, 0) is 4.79 Å². The smallest absolute Gasteiger partial charge is 0.229 e. The Hall–Kier alpha value is -1.51. The molecule has 0 spiro atoms. The average molecular weight is 220 g/mol. The van der Waals surface area contributed by atoms with E-state index in [0.717, 1.165) is 18.5 Å². The lowest BCUT2D eigenvalue weighted by Crippen LogP contribution is -2.32. The maximum atomic E-state index is 12.1. The molecule has 16 heavy (non-hydrogen) atoms. The van der Waals surface area contributed by atoms with Gasteiger partial charge in [-0.3, -0.25) is 4.79 Å². The summed E-state index contributed by atoms with van der Waals surface area (Å²) in [6.07, 6.45) is 1.73. The fraction of sp³-hybridized carbons (Fsp3) is 0.462. The van der Waals surface area contributed by atoms with Crippen LogP contribution < -0.4 is 10.6 Å². The Morgan fingerprint density at radius 3 is 2.38 bits per heavy atom. The van der Waals surface area contributed by atoms with Gasteiger partial charge in [0.15, 0.2) is 0 Å². The van der Waals surface area contributed by atoms with E-state index in [0.29, 0.717) is 5.69 Å². The van der Waals surface area contributed by atoms with Gasteiger partial charge in [-0.2, -0.15) is 0 Å². The van der Waals surface area contributed by atoms with Crippen LogP contribution in [0.3, 0.4) is 0 Å². The van der Waals surface area contributed by atoms with Crippen LogP contribution in [0.25, 0.3) is 0 Å². The van der Waals surface area contributed by atoms with E-state index in [4.69, 9.17) is 5.73 Å². The van der Waals surface area contributed by atoms with E-state index in [9.17, 15) is 4.79 Å². The van der Waals surface area contributed by atoms with E-state index in [1.54, 1.807) is 11.9 Å². The van der Waals surface area contributed by atoms with Crippen molar-refractivity contribution in [1.82, 2.24) is 0 Å². The fourth-order valence-corrected chi connectivity index (χ4v) is 1.82. The third kappa shape index (κ3) is 2.54. The monoisotopic (exact) mass is 220 g/mol. The zero-order valence-corrected chi connectivity index (χ0v) is 10.2. The van der Waals surface area contributed by atoms with E-state index < -0.39 is 0 Å². The van der Waals surface area contributed by atoms with E-state index in [1.807, 2.05) is 38.1 Å². The number of nitrogen functional groups attached to an aromatic ring is 1. The first-order valence-electron chi connectivity index (χ1n) is 5.73. The number of amides is 1. The molecule has 2 N–H and O–H groups in total. The van der Waals surface area contributed by atoms with Gasteiger partial charge in [-0.05, 0) is 25.0 Å². The highest BCUT2D eigenvalue weighted by atomic mass is 16.2. The Bertz CT molecular complexity index is 359. The summed E-state index contributed by atoms with van der Waals surface area (Å²) in [6, 6.07) is 7.44. The number of carbonyl (C=O) groups excluding carboxylic acids is 1. The minimum Gasteiger partial charge on any atom is -0.397 e. The van der Waals surface area contributed by atoms with Crippen molar-refractivity contribution < 1.29 is 4.79 Å². The van der Waals surface area contributed by atoms with Gasteiger partial charge in [0.05, 0.1) is 11.4 Å². The lowest BCUT2D eigenvalue weighted by Gasteiger charge is -2.23. The number of nitrogens with zero attached hydrogens (tertiary/aromatic N) is 1. The van der Waals surface area contributed by atoms with Gasteiger partial charge >= 0.3 is 0 Å². The molecule has 0 atom stereocenters. The first-order chi connectivity index (χ1) is 7.61. The molecule has 0 saturated carbocycles. The summed E-state index contributed by atoms with van der Waals surface area (Å²) in [5.41, 5.74) is 7.28. The molecular formula is C13H20N2O. The molecule has 88 valence electrons. The predicted molar refractivity (Wildman–Crippen MR) is 68.3 cm³/mol. The van der Waals surface area contributed by atoms with E-state index in [1.165, 1.54) is 0 Å². The number of carbonyl (C=O) groups is 1. The zero-order chi connectivity index (χ0) is 12.1. The summed E-state index contributed by atoms with van der Waals surface area (Å²) in [5, 5.41) is 0. The first kappa shape index (κ1) is 12.6. The van der Waals surface area contributed by atoms with Crippen molar-refractivity contribution in [2.24, 2.45) is 5.92 Å². The summed E-state index contributed by atoms with van der Waals surface area (Å²) in [5.74, 6) is 0.229. The van der Waals surface area contributed by atoms with E-state index >= 15 is 0 Å². The van der Waals surface area contributed by atoms with Crippen molar-refractivity contribution in [2.75, 3.05) is 17.7 Å². The van der Waals surface area contributed by atoms with Crippen molar-refractivity contribution in [1.29, 1.82) is 0 Å². The molecule has 1 amide bonds. The van der Waals surface area contributed by atoms with Gasteiger partial charge in [-0.25, -0.2) is 0 Å². The van der Waals surface area contributed by atoms with Crippen LogP contribution in [0.5, 0.6) is 0 Å². The molecule has 0 fully saturated rings. The summed E-state index contributed by atoms with van der Waals surface area (Å²) in [7, 11) is 1.78. The molecule has 0 aromatic heterocycles. The largest absolute Gasteiger partial charge is 0.397 e. The quantitative estimate of drug-likeness (QED) is 0.793. The molecule has 0 unspecified atom stereocenters. The number of para-hydroxylation sites is 2. The van der Waals surface area contributed by atoms with Gasteiger partial charge in [0.25, 0.3) is 0 Å². The number of nitrogens with two attached hydrogens (primary N) is 1. The lowest BCUT2D eigenvalue weighted by molar-refractivity contribution is -0.122. The Balaban J connectivity index is 2.90. The molecule has 0 aliphatic carbocycles. The molecular weight excluding hydrogens is 200 g/mol. The van der Waals surface area contributed by atoms with Crippen molar-refractivity contribution in [3.63, 3.8) is 0 Å². The van der Waals surface area contributed by atoms with Crippen LogP contribution >= 0.6 is 0 Å². The van der Waals surface area contributed by atoms with E-state index in [2.05, 4.69) is 0 Å². The Morgan fingerprint density at radius 2 is 1.88 bits per heavy atom. The Labute approximate surface area is 97.2 Å². The number of hydrogen-bond donors (Lipinski definition) is 1. The molecule has 0 radical (unpaired) electrons. The molecule has 3 nitrogen and oxygen atoms in total. The van der Waals surface area contributed by atoms with Crippen molar-refractivity contribution >= 4 is 17.3 Å². The minimum atomic E-state index is 0.0876. The number of rotatable bonds is 4. The van der Waals surface area contributed by atoms with Crippen LogP contribution in [0.15, 0.2) is 24.3 Å². The molecule has 1 aromatic rings. The van der Waals surface area contributed by atoms with Crippen LogP contribution in [-0.4, -0.2) is 13.0 Å². The first-order valence-corrected chi connectivity index (χ1v) is 5.73. The number of anilines is 2. The van der Waals surface area contributed by atoms with Gasteiger partial charge in [-0.15, -0.1) is 0 Å². The van der Waals surface area contributed by atoms with Crippen LogP contribution in [0, 0.1) is 5.92 Å². The molecule has 0 saturated heterocycles. The summed E-state index contributed by atoms with van der Waals surface area (Å²) in [4.78, 5) is 13.8. The molecule has 1 rings (SSSR count). The van der Waals surface area contributed by atoms with Crippen LogP contribution in [0.4, 0.5) is 11.4 Å². The summed E-state index contributed by atoms with van der Waals surface area (Å²) < 4.78 is 0. The fourth-order valence-electron chi connectivity index (χ4n) is 1.82. The lowest BCUT2D eigenvalue weighted by atomic mass is 10.0. The van der Waals surface area contributed by atoms with Gasteiger partial charge in [0, 0.05) is 13.0 Å². The molecule has 0 aliphatic rings. The number of benzene rings is 1. The zero-order valence-electron chi connectivity index (χ0n) is 10.2. The Morgan fingerprint density at radius 1 is 1.31 bits per heavy atom. The topological polar surface area (TPSA) is 46.3 Å². The van der Waals surface area contributed by atoms with Crippen molar-refractivity contribution in [3.8, 4) is 0 Å². The molecule has 0 heterocycles. The maximum absolute atomic E-state index is 12.1. The molecule has 0 aliphatic heterocycles. The molecule has 3 heteroatoms. The molecule has 1 aromatic carbocycles. The minimum absolute atomic E-state index is 0.0876. The van der Waals surface area contributed by atoms with Crippen molar-refractivity contribution in [2.45, 2.75) is 26.7 Å². The highest BCUT2D eigenvalue weighted by molar-refractivity contribution is 5.97. The van der Waals surface area contributed by atoms with Crippen LogP contribution in [0.2, 0.25) is 0 Å². The summed E-state index contributed by atoms with van der Waals surface area (Å²) >= 11 is 0. The van der Waals surface area contributed by atoms with E-state index in [-0.39, 0.29) is 11.8 Å². The number of hydrogen-bond acceptors (Lipinski definition) is 2. The SMILES string of the molecule is CCC(CC)C(=O)N(C)c1ccccc1N. The maximum Gasteiger partial charge on any atom is 0.229 e. The second kappa shape index (κ2) is 5.54. The Kier molecular flexibility index (Phi) is 4.35. The highest BCUT2D eigenvalue weighted by Gasteiger charge is 2.20. The average Bonchev–Trinajstić information content (AvgIpc) is 2.30. The van der Waals surface area contributed by atoms with Gasteiger partial charge < -0.3 is 10.6 Å². The second-order valence-electron chi connectivity index (χ2n) is 3.97. The third-order valence-electron chi connectivity index (χ3n) is 2.96. The van der Waals surface area contributed by atoms with Crippen LogP contribution in [0.1, 0.15) is 26.7 Å². The predicted octanol–water partition coefficient (Wildman–Crippen LogP) is 2.67. The normalized spacial score (nSPS) is 10.5. The van der Waals surface area contributed by atoms with Crippen molar-refractivity contribution in [3.05, 3.63) is 24.3 Å². The van der Waals surface area contributed by atoms with Gasteiger partial charge in [-0.1, -0.05) is 26.0 Å².